The van der Waals surface area contributed by atoms with Crippen molar-refractivity contribution in [1.82, 2.24) is 0 Å². The molecule has 92 valence electrons. The van der Waals surface area contributed by atoms with Gasteiger partial charge in [0.05, 0.1) is 13.5 Å². The predicted molar refractivity (Wildman–Crippen MR) is 58.9 cm³/mol. The highest BCUT2D eigenvalue weighted by Crippen LogP contribution is 2.25. The Labute approximate surface area is 97.6 Å². The number of carboxylic acid groups (broad SMARTS) is 2. The lowest BCUT2D eigenvalue weighted by molar-refractivity contribution is -0.139. The van der Waals surface area contributed by atoms with Crippen LogP contribution in [-0.2, 0) is 16.0 Å². The molecule has 6 heteroatoms. The van der Waals surface area contributed by atoms with Gasteiger partial charge in [-0.05, 0) is 17.7 Å². The summed E-state index contributed by atoms with van der Waals surface area (Å²) in [6.45, 7) is 0. The normalized spacial score (nSPS) is 11.9. The SMILES string of the molecule is COc1ccc(CC(=O)O)cc1[C@H](N)C(=O)O. The smallest absolute Gasteiger partial charge is 0.325 e. The summed E-state index contributed by atoms with van der Waals surface area (Å²) < 4.78 is 4.99. The molecule has 0 saturated carbocycles. The van der Waals surface area contributed by atoms with Crippen LogP contribution in [0.5, 0.6) is 5.75 Å². The molecule has 1 rings (SSSR count). The molecule has 0 aliphatic heterocycles. The molecular weight excluding hydrogens is 226 g/mol. The van der Waals surface area contributed by atoms with Crippen LogP contribution in [0.3, 0.4) is 0 Å². The van der Waals surface area contributed by atoms with E-state index >= 15 is 0 Å². The van der Waals surface area contributed by atoms with Crippen molar-refractivity contribution < 1.29 is 24.5 Å². The second-order valence-corrected chi connectivity index (χ2v) is 3.46. The molecule has 0 aliphatic carbocycles. The summed E-state index contributed by atoms with van der Waals surface area (Å²) in [5, 5.41) is 17.5. The Kier molecular flexibility index (Phi) is 4.06. The largest absolute Gasteiger partial charge is 0.496 e. The summed E-state index contributed by atoms with van der Waals surface area (Å²) >= 11 is 0. The Balaban J connectivity index is 3.14. The highest BCUT2D eigenvalue weighted by molar-refractivity contribution is 5.77. The third kappa shape index (κ3) is 3.18. The zero-order chi connectivity index (χ0) is 13.0. The fourth-order valence-corrected chi connectivity index (χ4v) is 1.44. The highest BCUT2D eigenvalue weighted by atomic mass is 16.5. The van der Waals surface area contributed by atoms with Crippen LogP contribution < -0.4 is 10.5 Å². The fraction of sp³-hybridized carbons (Fsp3) is 0.273. The van der Waals surface area contributed by atoms with Gasteiger partial charge in [-0.1, -0.05) is 6.07 Å². The maximum absolute atomic E-state index is 10.8. The van der Waals surface area contributed by atoms with E-state index in [1.165, 1.54) is 19.2 Å². The molecule has 0 radical (unpaired) electrons. The standard InChI is InChI=1S/C11H13NO5/c1-17-8-3-2-6(5-9(13)14)4-7(8)10(12)11(15)16/h2-4,10H,5,12H2,1H3,(H,13,14)(H,15,16)/t10-/m0/s1. The van der Waals surface area contributed by atoms with Crippen molar-refractivity contribution in [3.63, 3.8) is 0 Å². The van der Waals surface area contributed by atoms with Gasteiger partial charge in [0.15, 0.2) is 0 Å². The minimum absolute atomic E-state index is 0.191. The van der Waals surface area contributed by atoms with E-state index in [-0.39, 0.29) is 12.0 Å². The zero-order valence-electron chi connectivity index (χ0n) is 9.21. The molecule has 0 fully saturated rings. The summed E-state index contributed by atoms with van der Waals surface area (Å²) in [6, 6.07) is 3.27. The zero-order valence-corrected chi connectivity index (χ0v) is 9.21. The number of carboxylic acids is 2. The number of nitrogens with two attached hydrogens (primary N) is 1. The van der Waals surface area contributed by atoms with Crippen molar-refractivity contribution in [2.75, 3.05) is 7.11 Å². The first-order valence-electron chi connectivity index (χ1n) is 4.82. The molecule has 0 amide bonds. The Bertz CT molecular complexity index is 443. The second kappa shape index (κ2) is 5.31. The number of benzene rings is 1. The third-order valence-corrected chi connectivity index (χ3v) is 2.25. The number of carbonyl (C=O) groups is 2. The first-order valence-corrected chi connectivity index (χ1v) is 4.82. The number of rotatable bonds is 5. The van der Waals surface area contributed by atoms with E-state index in [2.05, 4.69) is 0 Å². The third-order valence-electron chi connectivity index (χ3n) is 2.25. The Morgan fingerprint density at radius 3 is 2.53 bits per heavy atom. The highest BCUT2D eigenvalue weighted by Gasteiger charge is 2.19. The van der Waals surface area contributed by atoms with Crippen LogP contribution in [0.15, 0.2) is 18.2 Å². The molecule has 0 spiro atoms. The van der Waals surface area contributed by atoms with Gasteiger partial charge in [-0.25, -0.2) is 0 Å². The molecule has 1 aromatic rings. The van der Waals surface area contributed by atoms with Crippen LogP contribution in [0.4, 0.5) is 0 Å². The van der Waals surface area contributed by atoms with E-state index in [0.717, 1.165) is 0 Å². The van der Waals surface area contributed by atoms with E-state index in [9.17, 15) is 9.59 Å². The summed E-state index contributed by atoms with van der Waals surface area (Å²) in [5.74, 6) is -1.87. The Morgan fingerprint density at radius 1 is 1.41 bits per heavy atom. The molecule has 0 saturated heterocycles. The molecule has 1 atom stereocenters. The molecule has 6 nitrogen and oxygen atoms in total. The van der Waals surface area contributed by atoms with Gasteiger partial charge >= 0.3 is 11.9 Å². The molecule has 0 aromatic heterocycles. The average Bonchev–Trinajstić information content (AvgIpc) is 2.27. The van der Waals surface area contributed by atoms with E-state index in [0.29, 0.717) is 11.3 Å². The lowest BCUT2D eigenvalue weighted by Gasteiger charge is -2.13. The first kappa shape index (κ1) is 13.0. The molecule has 1 aromatic carbocycles. The maximum Gasteiger partial charge on any atom is 0.325 e. The fourth-order valence-electron chi connectivity index (χ4n) is 1.44. The van der Waals surface area contributed by atoms with Gasteiger partial charge in [-0.15, -0.1) is 0 Å². The quantitative estimate of drug-likeness (QED) is 0.686. The number of ether oxygens (including phenoxy) is 1. The van der Waals surface area contributed by atoms with Crippen LogP contribution >= 0.6 is 0 Å². The van der Waals surface area contributed by atoms with Crippen molar-refractivity contribution in [3.05, 3.63) is 29.3 Å². The van der Waals surface area contributed by atoms with Crippen molar-refractivity contribution in [2.45, 2.75) is 12.5 Å². The van der Waals surface area contributed by atoms with E-state index in [1.807, 2.05) is 0 Å². The van der Waals surface area contributed by atoms with Crippen molar-refractivity contribution in [3.8, 4) is 5.75 Å². The van der Waals surface area contributed by atoms with Crippen LogP contribution in [0.2, 0.25) is 0 Å². The van der Waals surface area contributed by atoms with Gasteiger partial charge < -0.3 is 20.7 Å². The van der Waals surface area contributed by atoms with E-state index in [4.69, 9.17) is 20.7 Å². The first-order chi connectivity index (χ1) is 7.95. The molecule has 0 bridgehead atoms. The second-order valence-electron chi connectivity index (χ2n) is 3.46. The van der Waals surface area contributed by atoms with E-state index < -0.39 is 18.0 Å². The predicted octanol–water partition coefficient (Wildman–Crippen LogP) is 0.407. The van der Waals surface area contributed by atoms with E-state index in [1.54, 1.807) is 6.07 Å². The molecule has 4 N–H and O–H groups in total. The Hall–Kier alpha value is -2.08. The molecule has 0 heterocycles. The molecule has 17 heavy (non-hydrogen) atoms. The van der Waals surface area contributed by atoms with Gasteiger partial charge in [0.25, 0.3) is 0 Å². The lowest BCUT2D eigenvalue weighted by atomic mass is 10.0. The van der Waals surface area contributed by atoms with Gasteiger partial charge in [-0.3, -0.25) is 9.59 Å². The molecular formula is C11H13NO5. The van der Waals surface area contributed by atoms with Gasteiger partial charge in [0.1, 0.15) is 11.8 Å². The Morgan fingerprint density at radius 2 is 2.06 bits per heavy atom. The lowest BCUT2D eigenvalue weighted by Crippen LogP contribution is -2.21. The minimum atomic E-state index is -1.24. The summed E-state index contributed by atoms with van der Waals surface area (Å²) in [7, 11) is 1.39. The van der Waals surface area contributed by atoms with Crippen LogP contribution in [0, 0.1) is 0 Å². The number of hydrogen-bond donors (Lipinski definition) is 3. The number of hydrogen-bond acceptors (Lipinski definition) is 4. The summed E-state index contributed by atoms with van der Waals surface area (Å²) in [6.07, 6.45) is -0.191. The van der Waals surface area contributed by atoms with Crippen LogP contribution in [-0.4, -0.2) is 29.3 Å². The van der Waals surface area contributed by atoms with Gasteiger partial charge in [0.2, 0.25) is 0 Å². The number of methoxy groups -OCH3 is 1. The molecule has 0 aliphatic rings. The summed E-state index contributed by atoms with van der Waals surface area (Å²) in [5.41, 5.74) is 6.23. The maximum atomic E-state index is 10.8. The van der Waals surface area contributed by atoms with Crippen LogP contribution in [0.1, 0.15) is 17.2 Å². The topological polar surface area (TPSA) is 110 Å². The number of aliphatic carboxylic acids is 2. The van der Waals surface area contributed by atoms with Crippen molar-refractivity contribution in [2.24, 2.45) is 5.73 Å². The van der Waals surface area contributed by atoms with Crippen LogP contribution in [0.25, 0.3) is 0 Å². The monoisotopic (exact) mass is 239 g/mol. The van der Waals surface area contributed by atoms with Crippen molar-refractivity contribution in [1.29, 1.82) is 0 Å². The van der Waals surface area contributed by atoms with Crippen molar-refractivity contribution >= 4 is 11.9 Å². The average molecular weight is 239 g/mol. The van der Waals surface area contributed by atoms with Gasteiger partial charge in [-0.2, -0.15) is 0 Å². The van der Waals surface area contributed by atoms with Gasteiger partial charge in [0, 0.05) is 5.56 Å². The summed E-state index contributed by atoms with van der Waals surface area (Å²) in [4.78, 5) is 21.4. The minimum Gasteiger partial charge on any atom is -0.496 e. The molecule has 0 unspecified atom stereocenters.